The summed E-state index contributed by atoms with van der Waals surface area (Å²) in [6.45, 7) is 9.39. The fraction of sp³-hybridized carbons (Fsp3) is 1.00. The summed E-state index contributed by atoms with van der Waals surface area (Å²) < 4.78 is 5.47. The van der Waals surface area contributed by atoms with E-state index in [4.69, 9.17) is 4.74 Å². The molecule has 0 aromatic heterocycles. The molecule has 1 unspecified atom stereocenters. The molecule has 0 aromatic rings. The monoisotopic (exact) mass is 299 g/mol. The highest BCUT2D eigenvalue weighted by Crippen LogP contribution is 2.12. The predicted molar refractivity (Wildman–Crippen MR) is 95.0 cm³/mol. The van der Waals surface area contributed by atoms with Gasteiger partial charge in [-0.2, -0.15) is 0 Å². The third-order valence-corrected chi connectivity index (χ3v) is 4.21. The Morgan fingerprint density at radius 1 is 0.714 bits per heavy atom. The first-order chi connectivity index (χ1) is 10.3. The molecule has 21 heavy (non-hydrogen) atoms. The molecule has 0 bridgehead atoms. The van der Waals surface area contributed by atoms with Crippen molar-refractivity contribution in [3.8, 4) is 0 Å². The zero-order chi connectivity index (χ0) is 15.6. The van der Waals surface area contributed by atoms with E-state index in [0.717, 1.165) is 19.8 Å². The van der Waals surface area contributed by atoms with Crippen molar-refractivity contribution in [3.05, 3.63) is 0 Å². The normalized spacial score (nSPS) is 12.7. The number of nitrogens with one attached hydrogen (secondary N) is 1. The van der Waals surface area contributed by atoms with E-state index in [1.165, 1.54) is 77.0 Å². The lowest BCUT2D eigenvalue weighted by molar-refractivity contribution is 0.135. The van der Waals surface area contributed by atoms with Crippen LogP contribution in [0.3, 0.4) is 0 Å². The lowest BCUT2D eigenvalue weighted by atomic mass is 10.0. The van der Waals surface area contributed by atoms with E-state index in [1.54, 1.807) is 0 Å². The molecule has 128 valence electrons. The van der Waals surface area contributed by atoms with Gasteiger partial charge >= 0.3 is 0 Å². The van der Waals surface area contributed by atoms with Crippen molar-refractivity contribution in [2.75, 3.05) is 19.8 Å². The van der Waals surface area contributed by atoms with Gasteiger partial charge in [0.2, 0.25) is 0 Å². The van der Waals surface area contributed by atoms with Crippen LogP contribution >= 0.6 is 0 Å². The second-order valence-corrected chi connectivity index (χ2v) is 6.21. The third kappa shape index (κ3) is 16.1. The fourth-order valence-corrected chi connectivity index (χ4v) is 2.89. The average molecular weight is 300 g/mol. The number of unbranched alkanes of at least 4 members (excludes halogenated alkanes) is 9. The third-order valence-electron chi connectivity index (χ3n) is 4.21. The van der Waals surface area contributed by atoms with Crippen LogP contribution in [0.15, 0.2) is 0 Å². The highest BCUT2D eigenvalue weighted by molar-refractivity contribution is 4.66. The quantitative estimate of drug-likeness (QED) is 0.348. The van der Waals surface area contributed by atoms with Crippen LogP contribution in [0.1, 0.15) is 97.8 Å². The first-order valence-corrected chi connectivity index (χ1v) is 9.66. The van der Waals surface area contributed by atoms with Gasteiger partial charge in [0.05, 0.1) is 0 Å². The molecule has 0 aromatic carbocycles. The summed E-state index contributed by atoms with van der Waals surface area (Å²) >= 11 is 0. The van der Waals surface area contributed by atoms with Crippen molar-refractivity contribution < 1.29 is 4.74 Å². The summed E-state index contributed by atoms with van der Waals surface area (Å²) in [7, 11) is 0. The van der Waals surface area contributed by atoms with Crippen molar-refractivity contribution in [1.82, 2.24) is 5.32 Å². The second kappa shape index (κ2) is 18.0. The Bertz CT molecular complexity index is 184. The SMILES string of the molecule is CCCCCCCCCCCCC(CCOCC)NCC. The van der Waals surface area contributed by atoms with Crippen molar-refractivity contribution >= 4 is 0 Å². The van der Waals surface area contributed by atoms with Crippen LogP contribution in [-0.2, 0) is 4.74 Å². The highest BCUT2D eigenvalue weighted by Gasteiger charge is 2.06. The molecule has 1 atom stereocenters. The zero-order valence-electron chi connectivity index (χ0n) is 15.1. The van der Waals surface area contributed by atoms with E-state index in [-0.39, 0.29) is 0 Å². The second-order valence-electron chi connectivity index (χ2n) is 6.21. The van der Waals surface area contributed by atoms with Gasteiger partial charge in [0.1, 0.15) is 0 Å². The number of rotatable bonds is 17. The van der Waals surface area contributed by atoms with Gasteiger partial charge in [-0.05, 0) is 26.3 Å². The largest absolute Gasteiger partial charge is 0.382 e. The first kappa shape index (κ1) is 20.9. The lowest BCUT2D eigenvalue weighted by Gasteiger charge is -2.17. The minimum absolute atomic E-state index is 0.663. The Kier molecular flexibility index (Phi) is 17.9. The van der Waals surface area contributed by atoms with Gasteiger partial charge in [0.25, 0.3) is 0 Å². The molecule has 0 radical (unpaired) electrons. The van der Waals surface area contributed by atoms with Gasteiger partial charge in [-0.25, -0.2) is 0 Å². The number of hydrogen-bond donors (Lipinski definition) is 1. The number of ether oxygens (including phenoxy) is 1. The van der Waals surface area contributed by atoms with Gasteiger partial charge in [-0.1, -0.05) is 78.1 Å². The molecule has 2 nitrogen and oxygen atoms in total. The summed E-state index contributed by atoms with van der Waals surface area (Å²) in [4.78, 5) is 0. The molecule has 2 heteroatoms. The molecule has 0 saturated heterocycles. The first-order valence-electron chi connectivity index (χ1n) is 9.66. The Labute approximate surface area is 134 Å². The summed E-state index contributed by atoms with van der Waals surface area (Å²) in [6, 6.07) is 0.663. The summed E-state index contributed by atoms with van der Waals surface area (Å²) in [5, 5.41) is 3.59. The molecule has 0 aliphatic rings. The molecule has 0 heterocycles. The van der Waals surface area contributed by atoms with E-state index in [0.29, 0.717) is 6.04 Å². The Hall–Kier alpha value is -0.0800. The topological polar surface area (TPSA) is 21.3 Å². The molecule has 0 aliphatic carbocycles. The minimum Gasteiger partial charge on any atom is -0.382 e. The van der Waals surface area contributed by atoms with E-state index in [9.17, 15) is 0 Å². The molecule has 0 spiro atoms. The van der Waals surface area contributed by atoms with Gasteiger partial charge < -0.3 is 10.1 Å². The lowest BCUT2D eigenvalue weighted by Crippen LogP contribution is -2.30. The smallest absolute Gasteiger partial charge is 0.0480 e. The van der Waals surface area contributed by atoms with Crippen LogP contribution in [-0.4, -0.2) is 25.8 Å². The number of hydrogen-bond acceptors (Lipinski definition) is 2. The minimum atomic E-state index is 0.663. The molecule has 0 amide bonds. The van der Waals surface area contributed by atoms with Crippen molar-refractivity contribution in [2.24, 2.45) is 0 Å². The molecule has 0 aliphatic heterocycles. The van der Waals surface area contributed by atoms with Crippen molar-refractivity contribution in [3.63, 3.8) is 0 Å². The van der Waals surface area contributed by atoms with Crippen LogP contribution in [0, 0.1) is 0 Å². The zero-order valence-corrected chi connectivity index (χ0v) is 15.1. The van der Waals surface area contributed by atoms with Crippen molar-refractivity contribution in [2.45, 2.75) is 104 Å². The predicted octanol–water partition coefficient (Wildman–Crippen LogP) is 5.70. The fourth-order valence-electron chi connectivity index (χ4n) is 2.89. The maximum absolute atomic E-state index is 5.47. The Morgan fingerprint density at radius 2 is 1.29 bits per heavy atom. The molecule has 0 fully saturated rings. The van der Waals surface area contributed by atoms with Crippen LogP contribution in [0.25, 0.3) is 0 Å². The van der Waals surface area contributed by atoms with Gasteiger partial charge in [0.15, 0.2) is 0 Å². The molecule has 1 N–H and O–H groups in total. The summed E-state index contributed by atoms with van der Waals surface area (Å²) in [6.07, 6.45) is 16.7. The van der Waals surface area contributed by atoms with Gasteiger partial charge in [-0.3, -0.25) is 0 Å². The van der Waals surface area contributed by atoms with E-state index >= 15 is 0 Å². The van der Waals surface area contributed by atoms with Crippen LogP contribution in [0.5, 0.6) is 0 Å². The highest BCUT2D eigenvalue weighted by atomic mass is 16.5. The van der Waals surface area contributed by atoms with Crippen LogP contribution < -0.4 is 5.32 Å². The maximum atomic E-state index is 5.47. The van der Waals surface area contributed by atoms with Gasteiger partial charge in [-0.15, -0.1) is 0 Å². The molecule has 0 saturated carbocycles. The van der Waals surface area contributed by atoms with E-state index in [1.807, 2.05) is 0 Å². The average Bonchev–Trinajstić information content (AvgIpc) is 2.49. The van der Waals surface area contributed by atoms with E-state index in [2.05, 4.69) is 26.1 Å². The summed E-state index contributed by atoms with van der Waals surface area (Å²) in [5.41, 5.74) is 0. The summed E-state index contributed by atoms with van der Waals surface area (Å²) in [5.74, 6) is 0. The Morgan fingerprint density at radius 3 is 1.81 bits per heavy atom. The van der Waals surface area contributed by atoms with Crippen LogP contribution in [0.2, 0.25) is 0 Å². The van der Waals surface area contributed by atoms with E-state index < -0.39 is 0 Å². The van der Waals surface area contributed by atoms with Crippen LogP contribution in [0.4, 0.5) is 0 Å². The van der Waals surface area contributed by atoms with Gasteiger partial charge in [0, 0.05) is 19.3 Å². The van der Waals surface area contributed by atoms with Crippen molar-refractivity contribution in [1.29, 1.82) is 0 Å². The molecule has 0 rings (SSSR count). The maximum Gasteiger partial charge on any atom is 0.0480 e. The Balaban J connectivity index is 3.32. The standard InChI is InChI=1S/C19H41NO/c1-4-7-8-9-10-11-12-13-14-15-16-19(20-5-2)17-18-21-6-3/h19-20H,4-18H2,1-3H3. The molecular formula is C19H41NO. The molecular weight excluding hydrogens is 258 g/mol.